The molecule has 0 spiro atoms. The number of imide groups is 1. The van der Waals surface area contributed by atoms with Crippen molar-refractivity contribution in [3.63, 3.8) is 0 Å². The molecule has 1 aromatic heterocycles. The van der Waals surface area contributed by atoms with Gasteiger partial charge in [0, 0.05) is 13.1 Å². The Morgan fingerprint density at radius 1 is 1.43 bits per heavy atom. The maximum absolute atomic E-state index is 11.3. The smallest absolute Gasteiger partial charge is 0.422 e. The minimum atomic E-state index is -0.673. The lowest BCUT2D eigenvalue weighted by molar-refractivity contribution is -0.122. The summed E-state index contributed by atoms with van der Waals surface area (Å²) in [6, 6.07) is 3.34. The summed E-state index contributed by atoms with van der Waals surface area (Å²) < 4.78 is 9.67. The van der Waals surface area contributed by atoms with Crippen LogP contribution in [-0.2, 0) is 9.53 Å². The normalized spacial score (nSPS) is 19.2. The quantitative estimate of drug-likeness (QED) is 0.629. The van der Waals surface area contributed by atoms with Gasteiger partial charge in [-0.05, 0) is 12.1 Å². The van der Waals surface area contributed by atoms with E-state index in [2.05, 4.69) is 0 Å². The molecule has 1 aliphatic rings. The Morgan fingerprint density at radius 3 is 2.71 bits per heavy atom. The molecule has 1 saturated heterocycles. The lowest BCUT2D eigenvalue weighted by Crippen LogP contribution is -2.23. The molecule has 5 nitrogen and oxygen atoms in total. The summed E-state index contributed by atoms with van der Waals surface area (Å²) in [6.07, 6.45) is 2.17. The molecule has 0 aromatic carbocycles. The first kappa shape index (κ1) is 8.55. The standard InChI is InChI=1S/C9H7NO4/c1-10-8(11)7(14-9(10)12)5-6-3-2-4-13-6/h2-5H,1H3/b7-5-. The number of nitrogens with zero attached hydrogens (tertiary/aromatic N) is 1. The van der Waals surface area contributed by atoms with Crippen LogP contribution in [0.5, 0.6) is 0 Å². The van der Waals surface area contributed by atoms with Crippen molar-refractivity contribution in [2.45, 2.75) is 0 Å². The number of furan rings is 1. The number of cyclic esters (lactones) is 1. The maximum atomic E-state index is 11.3. The van der Waals surface area contributed by atoms with Gasteiger partial charge in [-0.25, -0.2) is 9.69 Å². The third-order valence-corrected chi connectivity index (χ3v) is 1.80. The van der Waals surface area contributed by atoms with Gasteiger partial charge in [-0.1, -0.05) is 0 Å². The summed E-state index contributed by atoms with van der Waals surface area (Å²) in [5.74, 6) is -0.0182. The van der Waals surface area contributed by atoms with Crippen molar-refractivity contribution < 1.29 is 18.7 Å². The molecule has 0 radical (unpaired) electrons. The molecule has 2 heterocycles. The second kappa shape index (κ2) is 3.02. The van der Waals surface area contributed by atoms with Crippen molar-refractivity contribution in [2.75, 3.05) is 7.05 Å². The molecule has 1 aromatic rings. The Bertz CT molecular complexity index is 404. The minimum Gasteiger partial charge on any atom is -0.465 e. The highest BCUT2D eigenvalue weighted by Crippen LogP contribution is 2.17. The lowest BCUT2D eigenvalue weighted by Gasteiger charge is -1.96. The van der Waals surface area contributed by atoms with E-state index in [0.717, 1.165) is 4.90 Å². The predicted molar refractivity (Wildman–Crippen MR) is 45.9 cm³/mol. The van der Waals surface area contributed by atoms with Crippen LogP contribution in [0.25, 0.3) is 6.08 Å². The highest BCUT2D eigenvalue weighted by Gasteiger charge is 2.33. The number of ether oxygens (including phenoxy) is 1. The van der Waals surface area contributed by atoms with E-state index in [4.69, 9.17) is 9.15 Å². The fourth-order valence-corrected chi connectivity index (χ4v) is 1.05. The van der Waals surface area contributed by atoms with Gasteiger partial charge >= 0.3 is 6.09 Å². The van der Waals surface area contributed by atoms with Crippen molar-refractivity contribution >= 4 is 18.1 Å². The number of hydrogen-bond donors (Lipinski definition) is 0. The van der Waals surface area contributed by atoms with Crippen molar-refractivity contribution in [2.24, 2.45) is 0 Å². The third kappa shape index (κ3) is 1.28. The third-order valence-electron chi connectivity index (χ3n) is 1.80. The van der Waals surface area contributed by atoms with Gasteiger partial charge in [0.15, 0.2) is 0 Å². The monoisotopic (exact) mass is 193 g/mol. The maximum Gasteiger partial charge on any atom is 0.422 e. The van der Waals surface area contributed by atoms with Crippen LogP contribution < -0.4 is 0 Å². The SMILES string of the molecule is CN1C(=O)O/C(=C\c2ccco2)C1=O. The molecule has 0 unspecified atom stereocenters. The molecule has 1 aliphatic heterocycles. The van der Waals surface area contributed by atoms with Gasteiger partial charge in [0.2, 0.25) is 5.76 Å². The van der Waals surface area contributed by atoms with Crippen molar-refractivity contribution in [1.29, 1.82) is 0 Å². The molecule has 5 heteroatoms. The van der Waals surface area contributed by atoms with E-state index in [9.17, 15) is 9.59 Å². The van der Waals surface area contributed by atoms with Crippen LogP contribution >= 0.6 is 0 Å². The van der Waals surface area contributed by atoms with E-state index in [1.807, 2.05) is 0 Å². The first-order chi connectivity index (χ1) is 6.68. The number of carbonyl (C=O) groups is 2. The zero-order valence-corrected chi connectivity index (χ0v) is 7.39. The molecular weight excluding hydrogens is 186 g/mol. The van der Waals surface area contributed by atoms with Gasteiger partial charge in [0.1, 0.15) is 5.76 Å². The fraction of sp³-hybridized carbons (Fsp3) is 0.111. The van der Waals surface area contributed by atoms with Gasteiger partial charge in [-0.15, -0.1) is 0 Å². The minimum absolute atomic E-state index is 0.0209. The molecule has 0 atom stereocenters. The number of carbonyl (C=O) groups excluding carboxylic acids is 2. The first-order valence-corrected chi connectivity index (χ1v) is 3.93. The number of likely N-dealkylation sites (N-methyl/N-ethyl adjacent to an activating group) is 1. The molecule has 14 heavy (non-hydrogen) atoms. The molecular formula is C9H7NO4. The van der Waals surface area contributed by atoms with Crippen LogP contribution in [0.1, 0.15) is 5.76 Å². The van der Waals surface area contributed by atoms with E-state index in [1.165, 1.54) is 19.4 Å². The van der Waals surface area contributed by atoms with Gasteiger partial charge in [-0.2, -0.15) is 0 Å². The van der Waals surface area contributed by atoms with Gasteiger partial charge in [0.25, 0.3) is 5.91 Å². The van der Waals surface area contributed by atoms with Gasteiger partial charge in [-0.3, -0.25) is 4.79 Å². The zero-order chi connectivity index (χ0) is 10.1. The van der Waals surface area contributed by atoms with Crippen molar-refractivity contribution in [1.82, 2.24) is 4.90 Å². The Labute approximate surface area is 79.6 Å². The Kier molecular flexibility index (Phi) is 1.85. The summed E-state index contributed by atoms with van der Waals surface area (Å²) in [6.45, 7) is 0. The summed E-state index contributed by atoms with van der Waals surface area (Å²) >= 11 is 0. The average molecular weight is 193 g/mol. The molecule has 72 valence electrons. The van der Waals surface area contributed by atoms with Gasteiger partial charge < -0.3 is 9.15 Å². The van der Waals surface area contributed by atoms with Crippen LogP contribution in [0, 0.1) is 0 Å². The number of hydrogen-bond acceptors (Lipinski definition) is 4. The largest absolute Gasteiger partial charge is 0.465 e. The molecule has 0 saturated carbocycles. The Balaban J connectivity index is 2.29. The van der Waals surface area contributed by atoms with Crippen LogP contribution in [0.3, 0.4) is 0 Å². The average Bonchev–Trinajstić information content (AvgIpc) is 2.73. The summed E-state index contributed by atoms with van der Waals surface area (Å²) in [5, 5.41) is 0. The van der Waals surface area contributed by atoms with Crippen LogP contribution in [0.4, 0.5) is 4.79 Å². The van der Waals surface area contributed by atoms with Gasteiger partial charge in [0.05, 0.1) is 6.26 Å². The predicted octanol–water partition coefficient (Wildman–Crippen LogP) is 1.23. The molecule has 1 fully saturated rings. The topological polar surface area (TPSA) is 59.8 Å². The van der Waals surface area contributed by atoms with E-state index in [1.54, 1.807) is 12.1 Å². The lowest BCUT2D eigenvalue weighted by atomic mass is 10.3. The zero-order valence-electron chi connectivity index (χ0n) is 7.39. The Morgan fingerprint density at radius 2 is 2.21 bits per heavy atom. The molecule has 0 N–H and O–H groups in total. The van der Waals surface area contributed by atoms with Crippen molar-refractivity contribution in [3.05, 3.63) is 29.9 Å². The number of amides is 2. The van der Waals surface area contributed by atoms with E-state index in [0.29, 0.717) is 5.76 Å². The molecule has 2 rings (SSSR count). The number of rotatable bonds is 1. The van der Waals surface area contributed by atoms with E-state index >= 15 is 0 Å². The second-order valence-electron chi connectivity index (χ2n) is 2.76. The molecule has 2 amide bonds. The van der Waals surface area contributed by atoms with Crippen LogP contribution in [-0.4, -0.2) is 23.9 Å². The highest BCUT2D eigenvalue weighted by molar-refractivity contribution is 6.09. The molecule has 0 aliphatic carbocycles. The molecule has 0 bridgehead atoms. The highest BCUT2D eigenvalue weighted by atomic mass is 16.6. The fourth-order valence-electron chi connectivity index (χ4n) is 1.05. The summed E-state index contributed by atoms with van der Waals surface area (Å²) in [5.41, 5.74) is 0. The summed E-state index contributed by atoms with van der Waals surface area (Å²) in [7, 11) is 1.35. The van der Waals surface area contributed by atoms with Crippen LogP contribution in [0.2, 0.25) is 0 Å². The second-order valence-corrected chi connectivity index (χ2v) is 2.76. The Hall–Kier alpha value is -2.04. The van der Waals surface area contributed by atoms with E-state index < -0.39 is 12.0 Å². The van der Waals surface area contributed by atoms with Crippen molar-refractivity contribution in [3.8, 4) is 0 Å². The first-order valence-electron chi connectivity index (χ1n) is 3.93. The van der Waals surface area contributed by atoms with Crippen LogP contribution in [0.15, 0.2) is 28.6 Å². The summed E-state index contributed by atoms with van der Waals surface area (Å²) in [4.78, 5) is 23.1. The van der Waals surface area contributed by atoms with E-state index in [-0.39, 0.29) is 5.76 Å².